The Morgan fingerprint density at radius 3 is 2.80 bits per heavy atom. The Hall–Kier alpha value is -1.99. The molecule has 7 heteroatoms. The van der Waals surface area contributed by atoms with Gasteiger partial charge in [-0.15, -0.1) is 0 Å². The fourth-order valence-corrected chi connectivity index (χ4v) is 7.35. The number of hydrogen-bond acceptors (Lipinski definition) is 6. The van der Waals surface area contributed by atoms with E-state index in [0.717, 1.165) is 49.8 Å². The molecule has 0 saturated carbocycles. The third-order valence-electron chi connectivity index (χ3n) is 6.99. The lowest BCUT2D eigenvalue weighted by Gasteiger charge is -2.32. The number of rotatable bonds is 3. The Kier molecular flexibility index (Phi) is 5.06. The highest BCUT2D eigenvalue weighted by molar-refractivity contribution is 7.91. The zero-order valence-electron chi connectivity index (χ0n) is 17.8. The van der Waals surface area contributed by atoms with Gasteiger partial charge in [0.1, 0.15) is 0 Å². The zero-order chi connectivity index (χ0) is 20.9. The van der Waals surface area contributed by atoms with Gasteiger partial charge < -0.3 is 4.90 Å². The molecular formula is C23H30N4O2S. The molecule has 1 aromatic heterocycles. The quantitative estimate of drug-likeness (QED) is 0.752. The van der Waals surface area contributed by atoms with E-state index in [1.54, 1.807) is 6.20 Å². The molecule has 3 aliphatic heterocycles. The molecule has 1 aromatic carbocycles. The van der Waals surface area contributed by atoms with E-state index >= 15 is 0 Å². The third-order valence-corrected chi connectivity index (χ3v) is 9.10. The highest BCUT2D eigenvalue weighted by Crippen LogP contribution is 2.40. The first-order valence-electron chi connectivity index (χ1n) is 11.0. The van der Waals surface area contributed by atoms with Crippen molar-refractivity contribution in [2.45, 2.75) is 50.2 Å². The van der Waals surface area contributed by atoms with E-state index in [1.165, 1.54) is 17.5 Å². The molecule has 4 heterocycles. The van der Waals surface area contributed by atoms with Crippen molar-refractivity contribution in [1.29, 1.82) is 0 Å². The number of sulfone groups is 1. The molecule has 0 radical (unpaired) electrons. The maximum atomic E-state index is 13.0. The van der Waals surface area contributed by atoms with E-state index in [9.17, 15) is 8.42 Å². The van der Waals surface area contributed by atoms with Gasteiger partial charge in [-0.2, -0.15) is 0 Å². The molecule has 3 aliphatic rings. The Labute approximate surface area is 179 Å². The summed E-state index contributed by atoms with van der Waals surface area (Å²) in [5, 5.41) is -0.364. The van der Waals surface area contributed by atoms with Gasteiger partial charge in [0.05, 0.1) is 16.7 Å². The number of hydrogen-bond donors (Lipinski definition) is 0. The molecule has 0 aliphatic carbocycles. The van der Waals surface area contributed by atoms with Crippen molar-refractivity contribution in [1.82, 2.24) is 14.9 Å². The number of likely N-dealkylation sites (tertiary alicyclic amines) is 1. The van der Waals surface area contributed by atoms with Crippen LogP contribution in [0.2, 0.25) is 0 Å². The average molecular weight is 427 g/mol. The van der Waals surface area contributed by atoms with Crippen LogP contribution >= 0.6 is 0 Å². The lowest BCUT2D eigenvalue weighted by molar-refractivity contribution is 0.326. The van der Waals surface area contributed by atoms with E-state index in [2.05, 4.69) is 46.8 Å². The second kappa shape index (κ2) is 7.61. The highest BCUT2D eigenvalue weighted by Gasteiger charge is 2.47. The molecule has 0 bridgehead atoms. The summed E-state index contributed by atoms with van der Waals surface area (Å²) in [5.74, 6) is 1.42. The van der Waals surface area contributed by atoms with Crippen molar-refractivity contribution >= 4 is 15.8 Å². The summed E-state index contributed by atoms with van der Waals surface area (Å²) in [6, 6.07) is 8.35. The van der Waals surface area contributed by atoms with Crippen LogP contribution in [-0.2, 0) is 22.1 Å². The zero-order valence-corrected chi connectivity index (χ0v) is 18.6. The van der Waals surface area contributed by atoms with Crippen molar-refractivity contribution in [3.8, 4) is 0 Å². The first-order valence-corrected chi connectivity index (χ1v) is 12.7. The number of piperidine rings is 1. The van der Waals surface area contributed by atoms with Crippen LogP contribution < -0.4 is 4.90 Å². The number of aromatic nitrogens is 2. The Balaban J connectivity index is 1.44. The molecule has 6 nitrogen and oxygen atoms in total. The molecule has 0 amide bonds. The normalized spacial score (nSPS) is 28.2. The fraction of sp³-hybridized carbons (Fsp3) is 0.565. The minimum atomic E-state index is -3.19. The van der Waals surface area contributed by atoms with Gasteiger partial charge in [-0.3, -0.25) is 4.90 Å². The van der Waals surface area contributed by atoms with Crippen LogP contribution in [0, 0.1) is 12.8 Å². The van der Waals surface area contributed by atoms with Crippen molar-refractivity contribution in [2.75, 3.05) is 31.1 Å². The summed E-state index contributed by atoms with van der Waals surface area (Å²) in [6.45, 7) is 8.45. The Morgan fingerprint density at radius 1 is 1.17 bits per heavy atom. The number of benzene rings is 1. The maximum absolute atomic E-state index is 13.0. The van der Waals surface area contributed by atoms with Crippen molar-refractivity contribution in [3.63, 3.8) is 0 Å². The van der Waals surface area contributed by atoms with Gasteiger partial charge >= 0.3 is 0 Å². The van der Waals surface area contributed by atoms with Gasteiger partial charge in [-0.05, 0) is 36.8 Å². The first-order chi connectivity index (χ1) is 14.4. The minimum absolute atomic E-state index is 0.0632. The van der Waals surface area contributed by atoms with Gasteiger partial charge in [-0.25, -0.2) is 18.4 Å². The van der Waals surface area contributed by atoms with Gasteiger partial charge in [0.25, 0.3) is 0 Å². The Bertz CT molecular complexity index is 1050. The van der Waals surface area contributed by atoms with Crippen LogP contribution in [0.1, 0.15) is 48.1 Å². The standard InChI is InChI=1S/C23H30N4O2S/c1-16-6-5-9-27(11-16)23-24-10-19-15-30(28,29)21-14-26(13-20(21)22(19)25-23)12-18-8-4-3-7-17(18)2/h3-4,7-8,10,16,20-21H,5-6,9,11-15H2,1-2H3/t16-,20+,21-/m1/s1. The molecule has 3 atom stereocenters. The first kappa shape index (κ1) is 19.9. The van der Waals surface area contributed by atoms with Crippen LogP contribution in [0.15, 0.2) is 30.5 Å². The molecule has 0 spiro atoms. The molecule has 2 aromatic rings. The van der Waals surface area contributed by atoms with Gasteiger partial charge in [0, 0.05) is 50.4 Å². The SMILES string of the molecule is Cc1ccccc1CN1C[C@@H]2c3nc(N4CCC[C@@H](C)C4)ncc3CS(=O)(=O)[C@@H]2C1. The molecule has 160 valence electrons. The van der Waals surface area contributed by atoms with E-state index in [0.29, 0.717) is 12.5 Å². The number of aryl methyl sites for hydroxylation is 1. The third kappa shape index (κ3) is 3.62. The summed E-state index contributed by atoms with van der Waals surface area (Å²) in [5.41, 5.74) is 4.27. The minimum Gasteiger partial charge on any atom is -0.341 e. The second-order valence-electron chi connectivity index (χ2n) is 9.35. The van der Waals surface area contributed by atoms with Crippen molar-refractivity contribution in [2.24, 2.45) is 5.92 Å². The highest BCUT2D eigenvalue weighted by atomic mass is 32.2. The van der Waals surface area contributed by atoms with Crippen LogP contribution in [-0.4, -0.2) is 54.7 Å². The van der Waals surface area contributed by atoms with Crippen LogP contribution in [0.3, 0.4) is 0 Å². The average Bonchev–Trinajstić information content (AvgIpc) is 3.15. The summed E-state index contributed by atoms with van der Waals surface area (Å²) >= 11 is 0. The van der Waals surface area contributed by atoms with Gasteiger partial charge in [0.2, 0.25) is 5.95 Å². The molecule has 30 heavy (non-hydrogen) atoms. The lowest BCUT2D eigenvalue weighted by atomic mass is 9.99. The molecule has 5 rings (SSSR count). The summed E-state index contributed by atoms with van der Waals surface area (Å²) in [6.07, 6.45) is 4.18. The molecular weight excluding hydrogens is 396 g/mol. The Morgan fingerprint density at radius 2 is 2.00 bits per heavy atom. The summed E-state index contributed by atoms with van der Waals surface area (Å²) < 4.78 is 26.1. The summed E-state index contributed by atoms with van der Waals surface area (Å²) in [7, 11) is -3.19. The summed E-state index contributed by atoms with van der Waals surface area (Å²) in [4.78, 5) is 14.1. The maximum Gasteiger partial charge on any atom is 0.225 e. The van der Waals surface area contributed by atoms with Crippen LogP contribution in [0.5, 0.6) is 0 Å². The van der Waals surface area contributed by atoms with Crippen molar-refractivity contribution in [3.05, 3.63) is 52.8 Å². The molecule has 0 N–H and O–H groups in total. The van der Waals surface area contributed by atoms with E-state index in [4.69, 9.17) is 4.98 Å². The van der Waals surface area contributed by atoms with Gasteiger partial charge in [-0.1, -0.05) is 31.2 Å². The van der Waals surface area contributed by atoms with E-state index in [-0.39, 0.29) is 16.9 Å². The van der Waals surface area contributed by atoms with Crippen LogP contribution in [0.4, 0.5) is 5.95 Å². The molecule has 0 unspecified atom stereocenters. The number of fused-ring (bicyclic) bond motifs is 3. The fourth-order valence-electron chi connectivity index (χ4n) is 5.33. The molecule has 2 fully saturated rings. The predicted octanol–water partition coefficient (Wildman–Crippen LogP) is 2.92. The monoisotopic (exact) mass is 426 g/mol. The number of nitrogens with zero attached hydrogens (tertiary/aromatic N) is 4. The topological polar surface area (TPSA) is 66.4 Å². The van der Waals surface area contributed by atoms with Crippen molar-refractivity contribution < 1.29 is 8.42 Å². The lowest BCUT2D eigenvalue weighted by Crippen LogP contribution is -2.38. The predicted molar refractivity (Wildman–Crippen MR) is 118 cm³/mol. The van der Waals surface area contributed by atoms with Crippen LogP contribution in [0.25, 0.3) is 0 Å². The van der Waals surface area contributed by atoms with E-state index < -0.39 is 9.84 Å². The number of anilines is 1. The van der Waals surface area contributed by atoms with Gasteiger partial charge in [0.15, 0.2) is 9.84 Å². The largest absolute Gasteiger partial charge is 0.341 e. The smallest absolute Gasteiger partial charge is 0.225 e. The van der Waals surface area contributed by atoms with E-state index in [1.807, 2.05) is 6.07 Å². The second-order valence-corrected chi connectivity index (χ2v) is 11.6. The molecule has 2 saturated heterocycles.